The van der Waals surface area contributed by atoms with Crippen LogP contribution in [0.4, 0.5) is 5.69 Å². The lowest BCUT2D eigenvalue weighted by atomic mass is 10.3. The first-order chi connectivity index (χ1) is 9.40. The first kappa shape index (κ1) is 13.7. The highest BCUT2D eigenvalue weighted by atomic mass is 16.6. The molecule has 0 radical (unpaired) electrons. The van der Waals surface area contributed by atoms with Gasteiger partial charge in [0.05, 0.1) is 17.2 Å². The second-order valence-corrected chi connectivity index (χ2v) is 4.25. The van der Waals surface area contributed by atoms with Gasteiger partial charge in [-0.1, -0.05) is 6.07 Å². The van der Waals surface area contributed by atoms with E-state index >= 15 is 0 Å². The van der Waals surface area contributed by atoms with Crippen LogP contribution in [0.1, 0.15) is 27.6 Å². The van der Waals surface area contributed by atoms with Gasteiger partial charge in [0, 0.05) is 0 Å². The molecule has 0 amide bonds. The molecule has 0 aliphatic heterocycles. The van der Waals surface area contributed by atoms with Gasteiger partial charge in [-0.2, -0.15) is 5.10 Å². The van der Waals surface area contributed by atoms with Gasteiger partial charge in [-0.3, -0.25) is 14.8 Å². The third-order valence-corrected chi connectivity index (χ3v) is 2.86. The number of hydrogen-bond acceptors (Lipinski definition) is 5. The molecule has 2 heterocycles. The van der Waals surface area contributed by atoms with E-state index in [0.29, 0.717) is 17.1 Å². The molecule has 0 bridgehead atoms. The summed E-state index contributed by atoms with van der Waals surface area (Å²) in [6.07, 6.45) is 0. The number of hydrogen-bond donors (Lipinski definition) is 1. The van der Waals surface area contributed by atoms with Gasteiger partial charge in [0.15, 0.2) is 0 Å². The quantitative estimate of drug-likeness (QED) is 0.669. The van der Waals surface area contributed by atoms with E-state index in [1.165, 1.54) is 10.7 Å². The molecule has 0 saturated heterocycles. The van der Waals surface area contributed by atoms with Crippen molar-refractivity contribution in [3.8, 4) is 0 Å². The molecule has 0 fully saturated rings. The van der Waals surface area contributed by atoms with E-state index in [4.69, 9.17) is 5.11 Å². The number of carboxylic acid groups (broad SMARTS) is 1. The van der Waals surface area contributed by atoms with Gasteiger partial charge in [-0.25, -0.2) is 9.78 Å². The average molecular weight is 276 g/mol. The van der Waals surface area contributed by atoms with Gasteiger partial charge in [0.25, 0.3) is 0 Å². The molecule has 104 valence electrons. The molecule has 0 aromatic carbocycles. The first-order valence-corrected chi connectivity index (χ1v) is 5.77. The van der Waals surface area contributed by atoms with Gasteiger partial charge in [-0.15, -0.1) is 0 Å². The van der Waals surface area contributed by atoms with Crippen molar-refractivity contribution in [2.75, 3.05) is 0 Å². The van der Waals surface area contributed by atoms with Crippen LogP contribution in [0, 0.1) is 24.0 Å². The fourth-order valence-corrected chi connectivity index (χ4v) is 1.95. The van der Waals surface area contributed by atoms with Gasteiger partial charge in [0.2, 0.25) is 0 Å². The molecule has 0 aliphatic carbocycles. The molecule has 2 aromatic heterocycles. The van der Waals surface area contributed by atoms with Gasteiger partial charge in [0.1, 0.15) is 17.1 Å². The van der Waals surface area contributed by atoms with Crippen molar-refractivity contribution in [2.24, 2.45) is 0 Å². The Hall–Kier alpha value is -2.77. The third-order valence-electron chi connectivity index (χ3n) is 2.86. The van der Waals surface area contributed by atoms with E-state index in [2.05, 4.69) is 10.1 Å². The molecular weight excluding hydrogens is 264 g/mol. The fourth-order valence-electron chi connectivity index (χ4n) is 1.95. The molecule has 8 heteroatoms. The molecule has 8 nitrogen and oxygen atoms in total. The molecular formula is C12H12N4O4. The zero-order valence-corrected chi connectivity index (χ0v) is 10.9. The highest BCUT2D eigenvalue weighted by Crippen LogP contribution is 2.22. The van der Waals surface area contributed by atoms with Crippen LogP contribution in [0.2, 0.25) is 0 Å². The molecule has 2 rings (SSSR count). The number of nitrogens with zero attached hydrogens (tertiary/aromatic N) is 4. The minimum atomic E-state index is -1.12. The predicted octanol–water partition coefficient (Wildman–Crippen LogP) is 1.55. The van der Waals surface area contributed by atoms with E-state index in [1.807, 2.05) is 0 Å². The summed E-state index contributed by atoms with van der Waals surface area (Å²) in [5.41, 5.74) is 1.11. The number of rotatable bonds is 4. The van der Waals surface area contributed by atoms with Crippen molar-refractivity contribution in [1.82, 2.24) is 14.8 Å². The summed E-state index contributed by atoms with van der Waals surface area (Å²) in [5.74, 6) is -1.12. The minimum Gasteiger partial charge on any atom is -0.477 e. The van der Waals surface area contributed by atoms with Crippen LogP contribution >= 0.6 is 0 Å². The number of pyridine rings is 1. The Morgan fingerprint density at radius 2 is 2.15 bits per heavy atom. The summed E-state index contributed by atoms with van der Waals surface area (Å²) in [5, 5.41) is 23.9. The Bertz CT molecular complexity index is 693. The highest BCUT2D eigenvalue weighted by Gasteiger charge is 2.21. The zero-order valence-electron chi connectivity index (χ0n) is 10.9. The summed E-state index contributed by atoms with van der Waals surface area (Å²) >= 11 is 0. The molecule has 2 aromatic rings. The maximum absolute atomic E-state index is 10.9. The van der Waals surface area contributed by atoms with Gasteiger partial charge in [-0.05, 0) is 26.0 Å². The molecule has 0 spiro atoms. The van der Waals surface area contributed by atoms with Crippen LogP contribution in [0.25, 0.3) is 0 Å². The molecule has 0 aliphatic rings. The molecule has 20 heavy (non-hydrogen) atoms. The summed E-state index contributed by atoms with van der Waals surface area (Å²) in [7, 11) is 0. The molecule has 0 saturated carbocycles. The minimum absolute atomic E-state index is 0.0283. The first-order valence-electron chi connectivity index (χ1n) is 5.77. The van der Waals surface area contributed by atoms with Crippen molar-refractivity contribution >= 4 is 11.7 Å². The largest absolute Gasteiger partial charge is 0.477 e. The van der Waals surface area contributed by atoms with Crippen LogP contribution in [0.15, 0.2) is 18.2 Å². The summed E-state index contributed by atoms with van der Waals surface area (Å²) in [6.45, 7) is 3.34. The second-order valence-electron chi connectivity index (χ2n) is 4.25. The Labute approximate surface area is 113 Å². The Morgan fingerprint density at radius 1 is 1.45 bits per heavy atom. The third kappa shape index (κ3) is 2.48. The number of carboxylic acids is 1. The number of carbonyl (C=O) groups is 1. The Balaban J connectivity index is 2.36. The SMILES string of the molecule is Cc1nn(Cc2cccc(C(=O)O)n2)c(C)c1[N+](=O)[O-]. The van der Waals surface area contributed by atoms with Gasteiger partial charge >= 0.3 is 11.7 Å². The predicted molar refractivity (Wildman–Crippen MR) is 68.7 cm³/mol. The van der Waals surface area contributed by atoms with Crippen LogP contribution in [-0.2, 0) is 6.54 Å². The van der Waals surface area contributed by atoms with E-state index in [9.17, 15) is 14.9 Å². The van der Waals surface area contributed by atoms with Crippen molar-refractivity contribution in [2.45, 2.75) is 20.4 Å². The number of aromatic carboxylic acids is 1. The number of aromatic nitrogens is 3. The zero-order chi connectivity index (χ0) is 14.9. The second kappa shape index (κ2) is 5.08. The number of aryl methyl sites for hydroxylation is 1. The maximum atomic E-state index is 10.9. The van der Waals surface area contributed by atoms with Gasteiger partial charge < -0.3 is 5.11 Å². The van der Waals surface area contributed by atoms with Crippen molar-refractivity contribution in [3.63, 3.8) is 0 Å². The normalized spacial score (nSPS) is 10.5. The smallest absolute Gasteiger partial charge is 0.354 e. The summed E-state index contributed by atoms with van der Waals surface area (Å²) in [4.78, 5) is 25.2. The fraction of sp³-hybridized carbons (Fsp3) is 0.250. The summed E-state index contributed by atoms with van der Waals surface area (Å²) in [6, 6.07) is 4.61. The Morgan fingerprint density at radius 3 is 2.70 bits per heavy atom. The lowest BCUT2D eigenvalue weighted by Crippen LogP contribution is -2.08. The monoisotopic (exact) mass is 276 g/mol. The van der Waals surface area contributed by atoms with Crippen LogP contribution in [-0.4, -0.2) is 30.8 Å². The maximum Gasteiger partial charge on any atom is 0.354 e. The Kier molecular flexibility index (Phi) is 3.47. The topological polar surface area (TPSA) is 111 Å². The summed E-state index contributed by atoms with van der Waals surface area (Å²) < 4.78 is 1.45. The molecule has 0 unspecified atom stereocenters. The number of nitro groups is 1. The van der Waals surface area contributed by atoms with E-state index in [0.717, 1.165) is 0 Å². The van der Waals surface area contributed by atoms with Crippen LogP contribution in [0.5, 0.6) is 0 Å². The average Bonchev–Trinajstić information content (AvgIpc) is 2.64. The van der Waals surface area contributed by atoms with Crippen molar-refractivity contribution < 1.29 is 14.8 Å². The molecule has 0 atom stereocenters. The van der Waals surface area contributed by atoms with Crippen molar-refractivity contribution in [1.29, 1.82) is 0 Å². The standard InChI is InChI=1S/C12H12N4O4/c1-7-11(16(19)20)8(2)15(14-7)6-9-4-3-5-10(13-9)12(17)18/h3-5H,6H2,1-2H3,(H,17,18). The van der Waals surface area contributed by atoms with E-state index in [1.54, 1.807) is 26.0 Å². The lowest BCUT2D eigenvalue weighted by molar-refractivity contribution is -0.386. The van der Waals surface area contributed by atoms with Crippen LogP contribution < -0.4 is 0 Å². The highest BCUT2D eigenvalue weighted by molar-refractivity contribution is 5.85. The van der Waals surface area contributed by atoms with Crippen molar-refractivity contribution in [3.05, 3.63) is 51.1 Å². The van der Waals surface area contributed by atoms with E-state index in [-0.39, 0.29) is 17.9 Å². The van der Waals surface area contributed by atoms with E-state index < -0.39 is 10.9 Å². The lowest BCUT2D eigenvalue weighted by Gasteiger charge is -2.04. The molecule has 1 N–H and O–H groups in total. The van der Waals surface area contributed by atoms with Crippen LogP contribution in [0.3, 0.4) is 0 Å².